The molecule has 0 saturated carbocycles. The van der Waals surface area contributed by atoms with Crippen molar-refractivity contribution in [3.05, 3.63) is 59.7 Å². The van der Waals surface area contributed by atoms with E-state index in [-0.39, 0.29) is 5.91 Å². The number of carbonyl (C=O) groups excluding carboxylic acids is 1. The molecule has 0 bridgehead atoms. The van der Waals surface area contributed by atoms with Crippen LogP contribution in [-0.4, -0.2) is 60.0 Å². The minimum absolute atomic E-state index is 0.123. The van der Waals surface area contributed by atoms with Gasteiger partial charge in [0, 0.05) is 50.2 Å². The summed E-state index contributed by atoms with van der Waals surface area (Å²) in [5.74, 6) is 1.95. The molecule has 0 unspecified atom stereocenters. The van der Waals surface area contributed by atoms with Crippen LogP contribution in [0.5, 0.6) is 0 Å². The van der Waals surface area contributed by atoms with E-state index >= 15 is 0 Å². The number of hydrogen-bond acceptors (Lipinski definition) is 5. The molecule has 1 aromatic heterocycles. The van der Waals surface area contributed by atoms with E-state index in [1.807, 2.05) is 48.2 Å². The first kappa shape index (κ1) is 18.9. The summed E-state index contributed by atoms with van der Waals surface area (Å²) in [5, 5.41) is 1.08. The van der Waals surface area contributed by atoms with Crippen LogP contribution in [0.2, 0.25) is 0 Å². The molecule has 0 spiro atoms. The predicted octanol–water partition coefficient (Wildman–Crippen LogP) is 3.50. The van der Waals surface area contributed by atoms with Crippen molar-refractivity contribution in [1.29, 1.82) is 0 Å². The lowest BCUT2D eigenvalue weighted by Crippen LogP contribution is -2.49. The molecule has 3 heterocycles. The summed E-state index contributed by atoms with van der Waals surface area (Å²) in [6.45, 7) is 6.99. The average molecular weight is 402 g/mol. The molecule has 154 valence electrons. The fourth-order valence-corrected chi connectivity index (χ4v) is 4.45. The van der Waals surface area contributed by atoms with Crippen molar-refractivity contribution in [2.24, 2.45) is 0 Å². The summed E-state index contributed by atoms with van der Waals surface area (Å²) in [6, 6.07) is 16.1. The molecule has 6 nitrogen and oxygen atoms in total. The molecule has 6 heteroatoms. The Labute approximate surface area is 177 Å². The monoisotopic (exact) mass is 401 g/mol. The molecule has 30 heavy (non-hydrogen) atoms. The lowest BCUT2D eigenvalue weighted by molar-refractivity contribution is 0.0746. The van der Waals surface area contributed by atoms with Crippen molar-refractivity contribution >= 4 is 28.6 Å². The molecule has 3 aromatic rings. The van der Waals surface area contributed by atoms with Crippen LogP contribution < -0.4 is 9.80 Å². The third kappa shape index (κ3) is 3.47. The lowest BCUT2D eigenvalue weighted by atomic mass is 10.1. The van der Waals surface area contributed by atoms with Gasteiger partial charge in [-0.15, -0.1) is 0 Å². The number of amides is 1. The van der Waals surface area contributed by atoms with Gasteiger partial charge in [-0.25, -0.2) is 4.98 Å². The minimum Gasteiger partial charge on any atom is -0.352 e. The zero-order valence-electron chi connectivity index (χ0n) is 17.4. The number of anilines is 2. The maximum Gasteiger partial charge on any atom is 0.254 e. The van der Waals surface area contributed by atoms with Crippen molar-refractivity contribution in [2.45, 2.75) is 19.8 Å². The van der Waals surface area contributed by atoms with Crippen LogP contribution in [0.1, 0.15) is 28.8 Å². The normalized spacial score (nSPS) is 17.0. The van der Waals surface area contributed by atoms with Gasteiger partial charge in [0.1, 0.15) is 5.82 Å². The van der Waals surface area contributed by atoms with E-state index in [9.17, 15) is 4.79 Å². The van der Waals surface area contributed by atoms with E-state index in [1.165, 1.54) is 12.8 Å². The molecule has 2 aliphatic heterocycles. The predicted molar refractivity (Wildman–Crippen MR) is 120 cm³/mol. The van der Waals surface area contributed by atoms with Gasteiger partial charge in [0.15, 0.2) is 0 Å². The second-order valence-corrected chi connectivity index (χ2v) is 8.15. The number of rotatable bonds is 3. The summed E-state index contributed by atoms with van der Waals surface area (Å²) in [6.07, 6.45) is 2.40. The standard InChI is InChI=1S/C24H27N5O/c1-18-8-2-3-9-19(18)23(30)28-16-14-27(15-17-28)22-20-10-4-5-11-21(20)25-24(26-22)29-12-6-7-13-29/h2-5,8-11H,6-7,12-17H2,1H3. The Kier molecular flexibility index (Phi) is 4.99. The summed E-state index contributed by atoms with van der Waals surface area (Å²) in [7, 11) is 0. The van der Waals surface area contributed by atoms with E-state index in [0.717, 1.165) is 60.0 Å². The summed E-state index contributed by atoms with van der Waals surface area (Å²) in [4.78, 5) is 29.4. The largest absolute Gasteiger partial charge is 0.352 e. The topological polar surface area (TPSA) is 52.6 Å². The molecule has 5 rings (SSSR count). The quantitative estimate of drug-likeness (QED) is 0.672. The van der Waals surface area contributed by atoms with E-state index in [2.05, 4.69) is 21.9 Å². The first-order valence-corrected chi connectivity index (χ1v) is 10.8. The van der Waals surface area contributed by atoms with Crippen LogP contribution in [0, 0.1) is 6.92 Å². The smallest absolute Gasteiger partial charge is 0.254 e. The van der Waals surface area contributed by atoms with Gasteiger partial charge in [0.25, 0.3) is 5.91 Å². The summed E-state index contributed by atoms with van der Waals surface area (Å²) < 4.78 is 0. The first-order chi connectivity index (χ1) is 14.7. The number of aryl methyl sites for hydroxylation is 1. The highest BCUT2D eigenvalue weighted by Gasteiger charge is 2.26. The Morgan fingerprint density at radius 3 is 2.27 bits per heavy atom. The van der Waals surface area contributed by atoms with Gasteiger partial charge in [-0.2, -0.15) is 4.98 Å². The Bertz CT molecular complexity index is 1070. The van der Waals surface area contributed by atoms with Gasteiger partial charge in [0.05, 0.1) is 5.52 Å². The van der Waals surface area contributed by atoms with Crippen molar-refractivity contribution in [2.75, 3.05) is 49.1 Å². The van der Waals surface area contributed by atoms with Gasteiger partial charge >= 0.3 is 0 Å². The van der Waals surface area contributed by atoms with Gasteiger partial charge < -0.3 is 14.7 Å². The van der Waals surface area contributed by atoms with E-state index < -0.39 is 0 Å². The van der Waals surface area contributed by atoms with Crippen molar-refractivity contribution in [3.63, 3.8) is 0 Å². The number of benzene rings is 2. The van der Waals surface area contributed by atoms with Crippen LogP contribution in [0.15, 0.2) is 48.5 Å². The number of hydrogen-bond donors (Lipinski definition) is 0. The third-order valence-electron chi connectivity index (χ3n) is 6.20. The van der Waals surface area contributed by atoms with Crippen LogP contribution in [-0.2, 0) is 0 Å². The molecular formula is C24H27N5O. The zero-order valence-corrected chi connectivity index (χ0v) is 17.4. The molecule has 0 radical (unpaired) electrons. The van der Waals surface area contributed by atoms with Gasteiger partial charge in [0.2, 0.25) is 5.95 Å². The minimum atomic E-state index is 0.123. The fourth-order valence-electron chi connectivity index (χ4n) is 4.45. The van der Waals surface area contributed by atoms with Crippen LogP contribution in [0.4, 0.5) is 11.8 Å². The third-order valence-corrected chi connectivity index (χ3v) is 6.20. The number of aromatic nitrogens is 2. The molecular weight excluding hydrogens is 374 g/mol. The number of piperazine rings is 1. The molecule has 2 saturated heterocycles. The Balaban J connectivity index is 1.39. The van der Waals surface area contributed by atoms with Gasteiger partial charge in [-0.1, -0.05) is 30.3 Å². The molecule has 0 aliphatic carbocycles. The van der Waals surface area contributed by atoms with E-state index in [0.29, 0.717) is 13.1 Å². The summed E-state index contributed by atoms with van der Waals surface area (Å²) in [5.41, 5.74) is 2.82. The molecule has 0 atom stereocenters. The number of para-hydroxylation sites is 1. The molecule has 1 amide bonds. The van der Waals surface area contributed by atoms with E-state index in [1.54, 1.807) is 0 Å². The highest BCUT2D eigenvalue weighted by atomic mass is 16.2. The number of carbonyl (C=O) groups is 1. The molecule has 2 fully saturated rings. The van der Waals surface area contributed by atoms with Crippen molar-refractivity contribution in [1.82, 2.24) is 14.9 Å². The average Bonchev–Trinajstić information content (AvgIpc) is 3.33. The molecule has 0 N–H and O–H groups in total. The van der Waals surface area contributed by atoms with Gasteiger partial charge in [-0.05, 0) is 43.5 Å². The fraction of sp³-hybridized carbons (Fsp3) is 0.375. The maximum atomic E-state index is 13.0. The zero-order chi connectivity index (χ0) is 20.5. The maximum absolute atomic E-state index is 13.0. The van der Waals surface area contributed by atoms with Crippen molar-refractivity contribution < 1.29 is 4.79 Å². The SMILES string of the molecule is Cc1ccccc1C(=O)N1CCN(c2nc(N3CCCC3)nc3ccccc23)CC1. The highest BCUT2D eigenvalue weighted by Crippen LogP contribution is 2.29. The van der Waals surface area contributed by atoms with Crippen LogP contribution in [0.25, 0.3) is 10.9 Å². The Morgan fingerprint density at radius 1 is 0.800 bits per heavy atom. The highest BCUT2D eigenvalue weighted by molar-refractivity contribution is 5.96. The van der Waals surface area contributed by atoms with Gasteiger partial charge in [-0.3, -0.25) is 4.79 Å². The number of fused-ring (bicyclic) bond motifs is 1. The van der Waals surface area contributed by atoms with Crippen LogP contribution >= 0.6 is 0 Å². The van der Waals surface area contributed by atoms with Crippen molar-refractivity contribution in [3.8, 4) is 0 Å². The van der Waals surface area contributed by atoms with Crippen LogP contribution in [0.3, 0.4) is 0 Å². The second kappa shape index (κ2) is 7.94. The lowest BCUT2D eigenvalue weighted by Gasteiger charge is -2.36. The number of nitrogens with zero attached hydrogens (tertiary/aromatic N) is 5. The Morgan fingerprint density at radius 2 is 1.50 bits per heavy atom. The summed E-state index contributed by atoms with van der Waals surface area (Å²) >= 11 is 0. The first-order valence-electron chi connectivity index (χ1n) is 10.8. The molecule has 2 aliphatic rings. The second-order valence-electron chi connectivity index (χ2n) is 8.15. The molecule has 2 aromatic carbocycles. The van der Waals surface area contributed by atoms with E-state index in [4.69, 9.17) is 9.97 Å². The Hall–Kier alpha value is -3.15.